The molecule has 20 heavy (non-hydrogen) atoms. The summed E-state index contributed by atoms with van der Waals surface area (Å²) in [5.74, 6) is -0.0857. The molecule has 0 aliphatic rings. The summed E-state index contributed by atoms with van der Waals surface area (Å²) in [5, 5.41) is 2.55. The molecule has 0 radical (unpaired) electrons. The number of carbonyl (C=O) groups excluding carboxylic acids is 1. The molecule has 0 atom stereocenters. The predicted molar refractivity (Wildman–Crippen MR) is 77.7 cm³/mol. The average molecular weight is 273 g/mol. The Bertz CT molecular complexity index is 624. The number of carbonyl (C=O) groups is 1. The number of hydrogen-bond donors (Lipinski definition) is 1. The molecular formula is C15H16FN3O. The van der Waals surface area contributed by atoms with E-state index < -0.39 is 5.82 Å². The van der Waals surface area contributed by atoms with Gasteiger partial charge in [-0.3, -0.25) is 4.79 Å². The van der Waals surface area contributed by atoms with Crippen LogP contribution >= 0.6 is 0 Å². The molecule has 0 bridgehead atoms. The molecule has 2 aromatic rings. The molecule has 1 N–H and O–H groups in total. The molecule has 0 spiro atoms. The van der Waals surface area contributed by atoms with E-state index in [1.165, 1.54) is 12.3 Å². The SMILES string of the molecule is Cc1ccc(F)c(NC(=O)c2ccc(N(C)C)nc2)c1. The highest BCUT2D eigenvalue weighted by molar-refractivity contribution is 6.04. The van der Waals surface area contributed by atoms with E-state index in [0.717, 1.165) is 11.4 Å². The number of halogens is 1. The normalized spacial score (nSPS) is 10.2. The van der Waals surface area contributed by atoms with Crippen molar-refractivity contribution >= 4 is 17.4 Å². The zero-order valence-electron chi connectivity index (χ0n) is 11.6. The van der Waals surface area contributed by atoms with Gasteiger partial charge in [-0.2, -0.15) is 0 Å². The van der Waals surface area contributed by atoms with Gasteiger partial charge in [0.2, 0.25) is 0 Å². The van der Waals surface area contributed by atoms with E-state index in [1.54, 1.807) is 24.3 Å². The minimum atomic E-state index is -0.457. The summed E-state index contributed by atoms with van der Waals surface area (Å²) in [7, 11) is 3.73. The van der Waals surface area contributed by atoms with Crippen LogP contribution in [-0.2, 0) is 0 Å². The summed E-state index contributed by atoms with van der Waals surface area (Å²) in [6.45, 7) is 1.84. The number of aryl methyl sites for hydroxylation is 1. The summed E-state index contributed by atoms with van der Waals surface area (Å²) in [6, 6.07) is 7.97. The van der Waals surface area contributed by atoms with E-state index in [2.05, 4.69) is 10.3 Å². The Balaban J connectivity index is 2.17. The number of pyridine rings is 1. The van der Waals surface area contributed by atoms with Gasteiger partial charge in [0, 0.05) is 20.3 Å². The second kappa shape index (κ2) is 5.69. The highest BCUT2D eigenvalue weighted by Crippen LogP contribution is 2.17. The zero-order valence-corrected chi connectivity index (χ0v) is 11.6. The van der Waals surface area contributed by atoms with Gasteiger partial charge in [-0.1, -0.05) is 6.07 Å². The van der Waals surface area contributed by atoms with Crippen molar-refractivity contribution in [3.8, 4) is 0 Å². The zero-order chi connectivity index (χ0) is 14.7. The molecule has 0 aliphatic carbocycles. The van der Waals surface area contributed by atoms with Crippen molar-refractivity contribution in [2.45, 2.75) is 6.92 Å². The Morgan fingerprint density at radius 3 is 2.60 bits per heavy atom. The second-order valence-corrected chi connectivity index (χ2v) is 4.74. The highest BCUT2D eigenvalue weighted by atomic mass is 19.1. The van der Waals surface area contributed by atoms with Crippen LogP contribution < -0.4 is 10.2 Å². The third-order valence-corrected chi connectivity index (χ3v) is 2.84. The fraction of sp³-hybridized carbons (Fsp3) is 0.200. The summed E-state index contributed by atoms with van der Waals surface area (Å²) < 4.78 is 13.6. The molecule has 0 unspecified atom stereocenters. The first-order valence-corrected chi connectivity index (χ1v) is 6.18. The lowest BCUT2D eigenvalue weighted by Gasteiger charge is -2.11. The van der Waals surface area contributed by atoms with E-state index in [1.807, 2.05) is 25.9 Å². The molecule has 1 heterocycles. The van der Waals surface area contributed by atoms with Gasteiger partial charge >= 0.3 is 0 Å². The molecular weight excluding hydrogens is 257 g/mol. The Labute approximate surface area is 117 Å². The molecule has 1 aromatic carbocycles. The maximum absolute atomic E-state index is 13.6. The predicted octanol–water partition coefficient (Wildman–Crippen LogP) is 2.85. The number of hydrogen-bond acceptors (Lipinski definition) is 3. The van der Waals surface area contributed by atoms with Gasteiger partial charge in [0.05, 0.1) is 11.3 Å². The topological polar surface area (TPSA) is 45.2 Å². The maximum Gasteiger partial charge on any atom is 0.257 e. The summed E-state index contributed by atoms with van der Waals surface area (Å²) in [6.07, 6.45) is 1.47. The number of aromatic nitrogens is 1. The van der Waals surface area contributed by atoms with Gasteiger partial charge in [0.25, 0.3) is 5.91 Å². The van der Waals surface area contributed by atoms with Crippen LogP contribution in [0, 0.1) is 12.7 Å². The first-order chi connectivity index (χ1) is 9.47. The Morgan fingerprint density at radius 2 is 2.00 bits per heavy atom. The second-order valence-electron chi connectivity index (χ2n) is 4.74. The summed E-state index contributed by atoms with van der Waals surface area (Å²) >= 11 is 0. The summed E-state index contributed by atoms with van der Waals surface area (Å²) in [4.78, 5) is 18.0. The van der Waals surface area contributed by atoms with Crippen molar-refractivity contribution < 1.29 is 9.18 Å². The number of rotatable bonds is 3. The van der Waals surface area contributed by atoms with Crippen LogP contribution in [0.25, 0.3) is 0 Å². The molecule has 2 rings (SSSR count). The largest absolute Gasteiger partial charge is 0.363 e. The Morgan fingerprint density at radius 1 is 1.25 bits per heavy atom. The van der Waals surface area contributed by atoms with E-state index in [4.69, 9.17) is 0 Å². The number of nitrogens with one attached hydrogen (secondary N) is 1. The van der Waals surface area contributed by atoms with Crippen molar-refractivity contribution in [1.82, 2.24) is 4.98 Å². The Kier molecular flexibility index (Phi) is 3.98. The van der Waals surface area contributed by atoms with Crippen molar-refractivity contribution in [2.75, 3.05) is 24.3 Å². The van der Waals surface area contributed by atoms with Crippen molar-refractivity contribution in [1.29, 1.82) is 0 Å². The molecule has 0 saturated heterocycles. The number of benzene rings is 1. The standard InChI is InChI=1S/C15H16FN3O/c1-10-4-6-12(16)13(8-10)18-15(20)11-5-7-14(17-9-11)19(2)3/h4-9H,1-3H3,(H,18,20). The number of nitrogens with zero attached hydrogens (tertiary/aromatic N) is 2. The fourth-order valence-electron chi connectivity index (χ4n) is 1.71. The first kappa shape index (κ1) is 14.0. The van der Waals surface area contributed by atoms with Crippen molar-refractivity contribution in [3.05, 3.63) is 53.5 Å². The minimum absolute atomic E-state index is 0.173. The van der Waals surface area contributed by atoms with E-state index in [-0.39, 0.29) is 11.6 Å². The third kappa shape index (κ3) is 3.12. The maximum atomic E-state index is 13.6. The number of amides is 1. The number of anilines is 2. The monoisotopic (exact) mass is 273 g/mol. The molecule has 0 aliphatic heterocycles. The highest BCUT2D eigenvalue weighted by Gasteiger charge is 2.10. The lowest BCUT2D eigenvalue weighted by atomic mass is 10.2. The van der Waals surface area contributed by atoms with Gasteiger partial charge in [-0.15, -0.1) is 0 Å². The molecule has 104 valence electrons. The van der Waals surface area contributed by atoms with E-state index >= 15 is 0 Å². The van der Waals surface area contributed by atoms with Crippen LogP contribution in [0.4, 0.5) is 15.9 Å². The fourth-order valence-corrected chi connectivity index (χ4v) is 1.71. The third-order valence-electron chi connectivity index (χ3n) is 2.84. The lowest BCUT2D eigenvalue weighted by molar-refractivity contribution is 0.102. The van der Waals surface area contributed by atoms with Crippen LogP contribution in [0.3, 0.4) is 0 Å². The van der Waals surface area contributed by atoms with Gasteiger partial charge in [0.15, 0.2) is 0 Å². The van der Waals surface area contributed by atoms with Crippen molar-refractivity contribution in [2.24, 2.45) is 0 Å². The van der Waals surface area contributed by atoms with Crippen LogP contribution in [0.5, 0.6) is 0 Å². The van der Waals surface area contributed by atoms with E-state index in [9.17, 15) is 9.18 Å². The van der Waals surface area contributed by atoms with Crippen LogP contribution in [0.15, 0.2) is 36.5 Å². The minimum Gasteiger partial charge on any atom is -0.363 e. The van der Waals surface area contributed by atoms with Crippen LogP contribution in [-0.4, -0.2) is 25.0 Å². The van der Waals surface area contributed by atoms with Crippen LogP contribution in [0.1, 0.15) is 15.9 Å². The van der Waals surface area contributed by atoms with E-state index in [0.29, 0.717) is 5.56 Å². The quantitative estimate of drug-likeness (QED) is 0.935. The molecule has 1 amide bonds. The molecule has 1 aromatic heterocycles. The van der Waals surface area contributed by atoms with Gasteiger partial charge in [0.1, 0.15) is 11.6 Å². The molecule has 5 heteroatoms. The Hall–Kier alpha value is -2.43. The van der Waals surface area contributed by atoms with Gasteiger partial charge < -0.3 is 10.2 Å². The average Bonchev–Trinajstić information content (AvgIpc) is 2.43. The van der Waals surface area contributed by atoms with Crippen molar-refractivity contribution in [3.63, 3.8) is 0 Å². The lowest BCUT2D eigenvalue weighted by Crippen LogP contribution is -2.15. The van der Waals surface area contributed by atoms with Crippen LogP contribution in [0.2, 0.25) is 0 Å². The summed E-state index contributed by atoms with van der Waals surface area (Å²) in [5.41, 5.74) is 1.44. The smallest absolute Gasteiger partial charge is 0.257 e. The first-order valence-electron chi connectivity index (χ1n) is 6.18. The molecule has 4 nitrogen and oxygen atoms in total. The molecule has 0 saturated carbocycles. The van der Waals surface area contributed by atoms with Gasteiger partial charge in [-0.25, -0.2) is 9.37 Å². The van der Waals surface area contributed by atoms with Gasteiger partial charge in [-0.05, 0) is 36.8 Å². The molecule has 0 fully saturated rings.